The Labute approximate surface area is 236 Å². The molecule has 0 unspecified atom stereocenters. The van der Waals surface area contributed by atoms with Crippen molar-refractivity contribution in [1.82, 2.24) is 39.6 Å². The van der Waals surface area contributed by atoms with E-state index in [4.69, 9.17) is 0 Å². The summed E-state index contributed by atoms with van der Waals surface area (Å²) in [4.78, 5) is 15.7. The molecule has 4 aromatic rings. The van der Waals surface area contributed by atoms with Crippen molar-refractivity contribution in [3.63, 3.8) is 0 Å². The Balaban J connectivity index is 0.000000207. The Morgan fingerprint density at radius 1 is 0.800 bits per heavy atom. The fourth-order valence-corrected chi connectivity index (χ4v) is 5.40. The van der Waals surface area contributed by atoms with Crippen LogP contribution in [0.1, 0.15) is 49.1 Å². The summed E-state index contributed by atoms with van der Waals surface area (Å²) in [6.45, 7) is 16.6. The van der Waals surface area contributed by atoms with Crippen LogP contribution < -0.4 is 4.90 Å². The molecule has 6 rings (SSSR count). The molecule has 1 N–H and O–H groups in total. The van der Waals surface area contributed by atoms with E-state index in [9.17, 15) is 5.11 Å². The van der Waals surface area contributed by atoms with E-state index in [1.807, 2.05) is 0 Å². The van der Waals surface area contributed by atoms with Gasteiger partial charge < -0.3 is 14.9 Å². The number of rotatable bonds is 6. The Morgan fingerprint density at radius 3 is 2.15 bits per heavy atom. The first-order chi connectivity index (χ1) is 19.4. The van der Waals surface area contributed by atoms with Gasteiger partial charge in [0.2, 0.25) is 0 Å². The van der Waals surface area contributed by atoms with E-state index in [2.05, 4.69) is 83.3 Å². The molecule has 2 saturated heterocycles. The van der Waals surface area contributed by atoms with E-state index in [0.29, 0.717) is 23.0 Å². The van der Waals surface area contributed by atoms with Gasteiger partial charge in [0, 0.05) is 57.1 Å². The highest BCUT2D eigenvalue weighted by molar-refractivity contribution is 5.63. The van der Waals surface area contributed by atoms with E-state index in [0.717, 1.165) is 36.6 Å². The van der Waals surface area contributed by atoms with Crippen LogP contribution in [0.5, 0.6) is 5.75 Å². The average molecular weight is 544 g/mol. The number of nitrogens with zero attached hydrogens (tertiary/aromatic N) is 9. The molecule has 5 heterocycles. The van der Waals surface area contributed by atoms with Gasteiger partial charge in [-0.2, -0.15) is 19.7 Å². The molecule has 2 aliphatic heterocycles. The molecule has 0 bridgehead atoms. The molecule has 0 spiro atoms. The smallest absolute Gasteiger partial charge is 0.253 e. The SMILES string of the molecule is CCCN1CCN(Cc2ccc(-c3ccc(N4CCCC4)cc3)nn2)CC1.Cc1nc2nc(C)c(O)c(C)n2n1. The summed E-state index contributed by atoms with van der Waals surface area (Å²) in [5.41, 5.74) is 5.74. The minimum absolute atomic E-state index is 0.178. The van der Waals surface area contributed by atoms with Gasteiger partial charge in [-0.3, -0.25) is 4.90 Å². The zero-order chi connectivity index (χ0) is 28.1. The Hall–Kier alpha value is -3.63. The molecule has 1 aromatic carbocycles. The highest BCUT2D eigenvalue weighted by Gasteiger charge is 2.17. The van der Waals surface area contributed by atoms with Crippen LogP contribution in [0.3, 0.4) is 0 Å². The highest BCUT2D eigenvalue weighted by Crippen LogP contribution is 2.24. The summed E-state index contributed by atoms with van der Waals surface area (Å²) in [7, 11) is 0. The number of aryl methyl sites for hydroxylation is 3. The Kier molecular flexibility index (Phi) is 8.86. The number of fused-ring (bicyclic) bond motifs is 1. The van der Waals surface area contributed by atoms with Crippen molar-refractivity contribution in [2.45, 2.75) is 53.5 Å². The van der Waals surface area contributed by atoms with Crippen LogP contribution in [0.2, 0.25) is 0 Å². The number of piperazine rings is 1. The zero-order valence-electron chi connectivity index (χ0n) is 24.2. The van der Waals surface area contributed by atoms with E-state index in [-0.39, 0.29) is 5.75 Å². The van der Waals surface area contributed by atoms with Crippen LogP contribution in [0.15, 0.2) is 36.4 Å². The van der Waals surface area contributed by atoms with Crippen LogP contribution in [-0.2, 0) is 6.54 Å². The van der Waals surface area contributed by atoms with Gasteiger partial charge in [0.1, 0.15) is 5.82 Å². The van der Waals surface area contributed by atoms with Crippen molar-refractivity contribution < 1.29 is 5.11 Å². The van der Waals surface area contributed by atoms with E-state index in [1.54, 1.807) is 20.8 Å². The van der Waals surface area contributed by atoms with Gasteiger partial charge in [-0.05, 0) is 70.8 Å². The van der Waals surface area contributed by atoms with Crippen molar-refractivity contribution in [2.24, 2.45) is 0 Å². The molecule has 2 fully saturated rings. The summed E-state index contributed by atoms with van der Waals surface area (Å²) in [5, 5.41) is 22.6. The molecule has 10 heteroatoms. The van der Waals surface area contributed by atoms with Crippen LogP contribution in [0.4, 0.5) is 5.69 Å². The second-order valence-electron chi connectivity index (χ2n) is 10.8. The van der Waals surface area contributed by atoms with Gasteiger partial charge in [0.15, 0.2) is 5.75 Å². The Morgan fingerprint density at radius 2 is 1.50 bits per heavy atom. The first-order valence-electron chi connectivity index (χ1n) is 14.4. The van der Waals surface area contributed by atoms with Gasteiger partial charge >= 0.3 is 0 Å². The maximum absolute atomic E-state index is 9.56. The number of aromatic hydroxyl groups is 1. The Bertz CT molecular complexity index is 1390. The van der Waals surface area contributed by atoms with Crippen molar-refractivity contribution in [3.8, 4) is 17.0 Å². The summed E-state index contributed by atoms with van der Waals surface area (Å²) >= 11 is 0. The number of aromatic nitrogens is 6. The largest absolute Gasteiger partial charge is 0.504 e. The third-order valence-corrected chi connectivity index (χ3v) is 7.71. The standard InChI is InChI=1S/C22H31N5.C8H10N4O/c1-2-11-25-14-16-26(17-15-25)18-20-7-10-22(24-23-20)19-5-8-21(9-6-19)27-12-3-4-13-27;1-4-7(13)5(2)12-8(9-4)10-6(3)11-12/h5-10H,2-4,11-18H2,1H3;13H,1-3H3. The summed E-state index contributed by atoms with van der Waals surface area (Å²) < 4.78 is 1.54. The topological polar surface area (TPSA) is 98.8 Å². The van der Waals surface area contributed by atoms with Gasteiger partial charge in [-0.1, -0.05) is 19.1 Å². The molecule has 0 amide bonds. The van der Waals surface area contributed by atoms with Crippen LogP contribution >= 0.6 is 0 Å². The van der Waals surface area contributed by atoms with Gasteiger partial charge in [0.05, 0.1) is 22.8 Å². The fraction of sp³-hybridized carbons (Fsp3) is 0.500. The summed E-state index contributed by atoms with van der Waals surface area (Å²) in [6, 6.07) is 13.0. The van der Waals surface area contributed by atoms with E-state index in [1.165, 1.54) is 62.2 Å². The van der Waals surface area contributed by atoms with Crippen LogP contribution in [0.25, 0.3) is 17.0 Å². The number of benzene rings is 1. The van der Waals surface area contributed by atoms with Gasteiger partial charge in [-0.25, -0.2) is 4.98 Å². The van der Waals surface area contributed by atoms with Crippen LogP contribution in [-0.4, -0.2) is 90.5 Å². The van der Waals surface area contributed by atoms with Crippen molar-refractivity contribution in [3.05, 3.63) is 59.3 Å². The molecule has 212 valence electrons. The molecule has 2 aliphatic rings. The third kappa shape index (κ3) is 6.56. The maximum Gasteiger partial charge on any atom is 0.253 e. The molecule has 10 nitrogen and oxygen atoms in total. The maximum atomic E-state index is 9.56. The molecule has 3 aromatic heterocycles. The summed E-state index contributed by atoms with van der Waals surface area (Å²) in [5.74, 6) is 1.36. The monoisotopic (exact) mass is 543 g/mol. The first-order valence-corrected chi connectivity index (χ1v) is 14.4. The lowest BCUT2D eigenvalue weighted by molar-refractivity contribution is 0.126. The van der Waals surface area contributed by atoms with E-state index < -0.39 is 0 Å². The highest BCUT2D eigenvalue weighted by atomic mass is 16.3. The van der Waals surface area contributed by atoms with Gasteiger partial charge in [0.25, 0.3) is 5.78 Å². The van der Waals surface area contributed by atoms with E-state index >= 15 is 0 Å². The molecular formula is C30H41N9O. The van der Waals surface area contributed by atoms with Crippen molar-refractivity contribution in [2.75, 3.05) is 50.7 Å². The fourth-order valence-electron chi connectivity index (χ4n) is 5.40. The van der Waals surface area contributed by atoms with Crippen molar-refractivity contribution in [1.29, 1.82) is 0 Å². The van der Waals surface area contributed by atoms with Crippen LogP contribution in [0, 0.1) is 20.8 Å². The quantitative estimate of drug-likeness (QED) is 0.386. The number of anilines is 1. The molecule has 0 atom stereocenters. The molecule has 0 radical (unpaired) electrons. The normalized spacial score (nSPS) is 16.4. The first kappa shape index (κ1) is 27.9. The van der Waals surface area contributed by atoms with Gasteiger partial charge in [-0.15, -0.1) is 5.10 Å². The minimum Gasteiger partial charge on any atom is -0.504 e. The zero-order valence-corrected chi connectivity index (χ0v) is 24.2. The third-order valence-electron chi connectivity index (χ3n) is 7.71. The second-order valence-corrected chi connectivity index (χ2v) is 10.8. The molecule has 0 aliphatic carbocycles. The number of hydrogen-bond acceptors (Lipinski definition) is 9. The average Bonchev–Trinajstić information content (AvgIpc) is 3.64. The predicted octanol–water partition coefficient (Wildman–Crippen LogP) is 4.03. The lowest BCUT2D eigenvalue weighted by Crippen LogP contribution is -2.46. The minimum atomic E-state index is 0.178. The number of hydrogen-bond donors (Lipinski definition) is 1. The molecule has 40 heavy (non-hydrogen) atoms. The lowest BCUT2D eigenvalue weighted by atomic mass is 10.1. The lowest BCUT2D eigenvalue weighted by Gasteiger charge is -2.34. The molecule has 0 saturated carbocycles. The predicted molar refractivity (Wildman–Crippen MR) is 158 cm³/mol. The second kappa shape index (κ2) is 12.7. The van der Waals surface area contributed by atoms with Crippen molar-refractivity contribution >= 4 is 11.5 Å². The molecular weight excluding hydrogens is 502 g/mol. The summed E-state index contributed by atoms with van der Waals surface area (Å²) in [6.07, 6.45) is 3.86.